The lowest BCUT2D eigenvalue weighted by Gasteiger charge is -2.17. The number of anilines is 2. The molecule has 0 atom stereocenters. The van der Waals surface area contributed by atoms with Gasteiger partial charge < -0.3 is 11.1 Å². The van der Waals surface area contributed by atoms with Crippen molar-refractivity contribution in [3.05, 3.63) is 75.0 Å². The number of nitrogens with two attached hydrogens (primary N) is 1. The maximum absolute atomic E-state index is 13.3. The molecule has 0 spiro atoms. The second-order valence-electron chi connectivity index (χ2n) is 7.67. The molecule has 8 heteroatoms. The van der Waals surface area contributed by atoms with Crippen LogP contribution in [0.5, 0.6) is 0 Å². The molecule has 3 aromatic rings. The summed E-state index contributed by atoms with van der Waals surface area (Å²) in [5.41, 5.74) is 7.03. The van der Waals surface area contributed by atoms with Gasteiger partial charge in [-0.05, 0) is 56.0 Å². The van der Waals surface area contributed by atoms with Crippen LogP contribution in [0.1, 0.15) is 40.5 Å². The van der Waals surface area contributed by atoms with Gasteiger partial charge in [0.2, 0.25) is 5.91 Å². The molecule has 0 radical (unpaired) electrons. The van der Waals surface area contributed by atoms with Crippen molar-refractivity contribution >= 4 is 34.7 Å². The van der Waals surface area contributed by atoms with Gasteiger partial charge in [-0.25, -0.2) is 4.68 Å². The van der Waals surface area contributed by atoms with Crippen LogP contribution in [0.25, 0.3) is 11.3 Å². The molecule has 0 unspecified atom stereocenters. The lowest BCUT2D eigenvalue weighted by Crippen LogP contribution is -2.29. The summed E-state index contributed by atoms with van der Waals surface area (Å²) >= 11 is 6.17. The molecule has 1 aliphatic carbocycles. The molecule has 1 fully saturated rings. The molecule has 31 heavy (non-hydrogen) atoms. The normalized spacial score (nSPS) is 13.1. The van der Waals surface area contributed by atoms with Gasteiger partial charge in [-0.15, -0.1) is 0 Å². The van der Waals surface area contributed by atoms with Gasteiger partial charge in [0.15, 0.2) is 5.78 Å². The molecule has 158 valence electrons. The van der Waals surface area contributed by atoms with E-state index in [4.69, 9.17) is 17.3 Å². The van der Waals surface area contributed by atoms with Crippen molar-refractivity contribution in [3.63, 3.8) is 0 Å². The fraction of sp³-hybridized carbons (Fsp3) is 0.217. The fourth-order valence-electron chi connectivity index (χ4n) is 3.43. The third kappa shape index (κ3) is 4.51. The summed E-state index contributed by atoms with van der Waals surface area (Å²) in [4.78, 5) is 37.5. The Morgan fingerprint density at radius 3 is 2.58 bits per heavy atom. The van der Waals surface area contributed by atoms with Crippen LogP contribution in [-0.2, 0) is 6.54 Å². The number of benzene rings is 2. The maximum atomic E-state index is 13.3. The van der Waals surface area contributed by atoms with Crippen molar-refractivity contribution in [2.45, 2.75) is 26.3 Å². The summed E-state index contributed by atoms with van der Waals surface area (Å²) < 4.78 is 1.40. The minimum atomic E-state index is -0.587. The van der Waals surface area contributed by atoms with Gasteiger partial charge in [0.25, 0.3) is 5.56 Å². The Hall–Kier alpha value is -3.45. The van der Waals surface area contributed by atoms with Crippen LogP contribution < -0.4 is 16.6 Å². The Labute approximate surface area is 183 Å². The number of aromatic nitrogens is 2. The van der Waals surface area contributed by atoms with Gasteiger partial charge in [0.1, 0.15) is 11.4 Å². The average Bonchev–Trinajstić information content (AvgIpc) is 3.54. The number of Topliss-reactive ketones (excluding diaryl/α,β-unsaturated/α-hetero) is 1. The molecule has 0 saturated heterocycles. The van der Waals surface area contributed by atoms with E-state index in [-0.39, 0.29) is 22.6 Å². The highest BCUT2D eigenvalue weighted by Crippen LogP contribution is 2.32. The molecule has 7 nitrogen and oxygen atoms in total. The maximum Gasteiger partial charge on any atom is 0.291 e. The third-order valence-electron chi connectivity index (χ3n) is 5.15. The zero-order chi connectivity index (χ0) is 22.1. The summed E-state index contributed by atoms with van der Waals surface area (Å²) in [6.45, 7) is 1.86. The van der Waals surface area contributed by atoms with Crippen LogP contribution in [0.2, 0.25) is 5.02 Å². The van der Waals surface area contributed by atoms with Crippen LogP contribution in [0.3, 0.4) is 0 Å². The van der Waals surface area contributed by atoms with Crippen molar-refractivity contribution in [2.24, 2.45) is 11.7 Å². The van der Waals surface area contributed by atoms with Crippen LogP contribution in [0, 0.1) is 5.92 Å². The largest absolute Gasteiger partial charge is 0.366 e. The topological polar surface area (TPSA) is 107 Å². The molecule has 0 bridgehead atoms. The molecule has 4 rings (SSSR count). The first-order valence-corrected chi connectivity index (χ1v) is 10.3. The highest BCUT2D eigenvalue weighted by molar-refractivity contribution is 6.30. The number of halogens is 1. The zero-order valence-electron chi connectivity index (χ0n) is 16.9. The van der Waals surface area contributed by atoms with Crippen molar-refractivity contribution < 1.29 is 9.59 Å². The van der Waals surface area contributed by atoms with Crippen molar-refractivity contribution in [1.29, 1.82) is 0 Å². The lowest BCUT2D eigenvalue weighted by atomic mass is 10.0. The number of rotatable bonds is 7. The van der Waals surface area contributed by atoms with Gasteiger partial charge in [-0.3, -0.25) is 14.4 Å². The van der Waals surface area contributed by atoms with Gasteiger partial charge in [-0.2, -0.15) is 5.10 Å². The SMILES string of the molecule is CC(=O)c1c(-c2cccc(Cl)c2)nn(CC2CC2)c(=O)c1Nc1cccc(C(N)=O)c1. The number of carbonyl (C=O) groups is 2. The van der Waals surface area contributed by atoms with E-state index in [1.807, 2.05) is 0 Å². The molecule has 0 aliphatic heterocycles. The Morgan fingerprint density at radius 2 is 1.94 bits per heavy atom. The molecular weight excluding hydrogens is 416 g/mol. The highest BCUT2D eigenvalue weighted by atomic mass is 35.5. The molecule has 2 aromatic carbocycles. The minimum absolute atomic E-state index is 0.111. The Morgan fingerprint density at radius 1 is 1.19 bits per heavy atom. The first-order chi connectivity index (χ1) is 14.8. The van der Waals surface area contributed by atoms with E-state index >= 15 is 0 Å². The summed E-state index contributed by atoms with van der Waals surface area (Å²) in [5.74, 6) is -0.505. The summed E-state index contributed by atoms with van der Waals surface area (Å²) in [7, 11) is 0. The van der Waals surface area contributed by atoms with Crippen LogP contribution in [-0.4, -0.2) is 21.5 Å². The molecule has 1 amide bonds. The number of nitrogens with zero attached hydrogens (tertiary/aromatic N) is 2. The molecule has 1 aliphatic rings. The monoisotopic (exact) mass is 436 g/mol. The Bertz CT molecular complexity index is 1250. The number of carbonyl (C=O) groups excluding carboxylic acids is 2. The van der Waals surface area contributed by atoms with Crippen molar-refractivity contribution in [3.8, 4) is 11.3 Å². The molecule has 1 aromatic heterocycles. The molecule has 1 saturated carbocycles. The van der Waals surface area contributed by atoms with Crippen molar-refractivity contribution in [1.82, 2.24) is 9.78 Å². The predicted octanol–water partition coefficient (Wildman–Crippen LogP) is 4.02. The third-order valence-corrected chi connectivity index (χ3v) is 5.39. The van der Waals surface area contributed by atoms with Gasteiger partial charge >= 0.3 is 0 Å². The first-order valence-electron chi connectivity index (χ1n) is 9.92. The van der Waals surface area contributed by atoms with Crippen LogP contribution >= 0.6 is 11.6 Å². The van der Waals surface area contributed by atoms with Gasteiger partial charge in [-0.1, -0.05) is 29.8 Å². The second-order valence-corrected chi connectivity index (χ2v) is 8.10. The number of hydrogen-bond acceptors (Lipinski definition) is 5. The first kappa shape index (κ1) is 20.8. The predicted molar refractivity (Wildman–Crippen MR) is 120 cm³/mol. The van der Waals surface area contributed by atoms with E-state index in [9.17, 15) is 14.4 Å². The van der Waals surface area contributed by atoms with E-state index in [0.717, 1.165) is 12.8 Å². The van der Waals surface area contributed by atoms with Gasteiger partial charge in [0, 0.05) is 28.4 Å². The number of ketones is 1. The van der Waals surface area contributed by atoms with Crippen LogP contribution in [0.4, 0.5) is 11.4 Å². The number of nitrogens with one attached hydrogen (secondary N) is 1. The smallest absolute Gasteiger partial charge is 0.291 e. The molecule has 3 N–H and O–H groups in total. The molecular formula is C23H21ClN4O3. The summed E-state index contributed by atoms with van der Waals surface area (Å²) in [6, 6.07) is 13.5. The highest BCUT2D eigenvalue weighted by Gasteiger charge is 2.27. The zero-order valence-corrected chi connectivity index (χ0v) is 17.6. The van der Waals surface area contributed by atoms with Crippen LogP contribution in [0.15, 0.2) is 53.3 Å². The lowest BCUT2D eigenvalue weighted by molar-refractivity contribution is 0.0996. The van der Waals surface area contributed by atoms with Crippen molar-refractivity contribution in [2.75, 3.05) is 5.32 Å². The number of primary amides is 1. The molecule has 1 heterocycles. The summed E-state index contributed by atoms with van der Waals surface area (Å²) in [6.07, 6.45) is 2.08. The fourth-order valence-corrected chi connectivity index (χ4v) is 3.62. The average molecular weight is 437 g/mol. The van der Waals surface area contributed by atoms with E-state index in [0.29, 0.717) is 34.4 Å². The quantitative estimate of drug-likeness (QED) is 0.544. The van der Waals surface area contributed by atoms with E-state index in [1.54, 1.807) is 42.5 Å². The van der Waals surface area contributed by atoms with Gasteiger partial charge in [0.05, 0.1) is 5.56 Å². The Balaban J connectivity index is 1.92. The summed E-state index contributed by atoms with van der Waals surface area (Å²) in [5, 5.41) is 8.08. The second kappa shape index (κ2) is 8.35. The number of amides is 1. The van der Waals surface area contributed by atoms with E-state index < -0.39 is 11.5 Å². The minimum Gasteiger partial charge on any atom is -0.366 e. The van der Waals surface area contributed by atoms with E-state index in [1.165, 1.54) is 17.7 Å². The van der Waals surface area contributed by atoms with E-state index in [2.05, 4.69) is 10.4 Å². The Kier molecular flexibility index (Phi) is 5.61. The standard InChI is InChI=1S/C23H21ClN4O3/c1-13(29)19-20(15-4-2-6-17(24)10-15)27-28(12-14-8-9-14)23(31)21(19)26-18-7-3-5-16(11-18)22(25)30/h2-7,10-11,14,26H,8-9,12H2,1H3,(H2,25,30). The number of hydrogen-bond donors (Lipinski definition) is 2.